The fourth-order valence-corrected chi connectivity index (χ4v) is 4.19. The van der Waals surface area contributed by atoms with Gasteiger partial charge in [-0.05, 0) is 30.3 Å². The van der Waals surface area contributed by atoms with Crippen molar-refractivity contribution in [3.63, 3.8) is 0 Å². The summed E-state index contributed by atoms with van der Waals surface area (Å²) in [5, 5.41) is 43.0. The standard InChI is InChI=1S/C20H21F3N2O5S.C2H6/c21-12-4-9(5-13(22)16(12)23)14(24)7-25-17-18(28)15(8-26)30-20(19(17)29)31-11-3-1-2-10(27)6-11;1-2/h1-7,15,17-20,25-29H,8,24H2;1-2H3/b14-7-;. The molecule has 5 unspecified atom stereocenters. The van der Waals surface area contributed by atoms with E-state index >= 15 is 0 Å². The number of aliphatic hydroxyl groups excluding tert-OH is 3. The largest absolute Gasteiger partial charge is 0.508 e. The molecular weight excluding hydrogens is 461 g/mol. The minimum absolute atomic E-state index is 0.0122. The van der Waals surface area contributed by atoms with Gasteiger partial charge in [0.2, 0.25) is 0 Å². The van der Waals surface area contributed by atoms with Crippen LogP contribution in [0, 0.1) is 17.5 Å². The van der Waals surface area contributed by atoms with E-state index in [1.165, 1.54) is 12.1 Å². The summed E-state index contributed by atoms with van der Waals surface area (Å²) in [5.74, 6) is -4.45. The highest BCUT2D eigenvalue weighted by Crippen LogP contribution is 2.34. The summed E-state index contributed by atoms with van der Waals surface area (Å²) in [5.41, 5.74) is 4.54. The Kier molecular flexibility index (Phi) is 9.87. The van der Waals surface area contributed by atoms with Gasteiger partial charge in [-0.2, -0.15) is 0 Å². The van der Waals surface area contributed by atoms with Crippen molar-refractivity contribution < 1.29 is 38.3 Å². The van der Waals surface area contributed by atoms with Gasteiger partial charge in [0.25, 0.3) is 0 Å². The van der Waals surface area contributed by atoms with Crippen molar-refractivity contribution in [1.82, 2.24) is 5.32 Å². The summed E-state index contributed by atoms with van der Waals surface area (Å²) in [6.07, 6.45) is -2.60. The molecule has 0 radical (unpaired) electrons. The lowest BCUT2D eigenvalue weighted by Gasteiger charge is -2.42. The van der Waals surface area contributed by atoms with E-state index in [-0.39, 0.29) is 17.0 Å². The first-order valence-electron chi connectivity index (χ1n) is 10.2. The first-order valence-corrected chi connectivity index (χ1v) is 11.0. The van der Waals surface area contributed by atoms with Crippen LogP contribution in [-0.2, 0) is 4.74 Å². The lowest BCUT2D eigenvalue weighted by Crippen LogP contribution is -2.62. The number of nitrogens with two attached hydrogens (primary N) is 1. The minimum Gasteiger partial charge on any atom is -0.508 e. The van der Waals surface area contributed by atoms with Crippen LogP contribution < -0.4 is 11.1 Å². The SMILES string of the molecule is CC.N/C(=C\NC1C(O)C(CO)OC(Sc2cccc(O)c2)C1O)c1cc(F)c(F)c(F)c1. The predicted octanol–water partition coefficient (Wildman–Crippen LogP) is 2.28. The Labute approximate surface area is 193 Å². The number of benzene rings is 2. The van der Waals surface area contributed by atoms with Crippen molar-refractivity contribution in [2.24, 2.45) is 5.73 Å². The van der Waals surface area contributed by atoms with Crippen LogP contribution in [0.2, 0.25) is 0 Å². The highest BCUT2D eigenvalue weighted by Gasteiger charge is 2.44. The van der Waals surface area contributed by atoms with Crippen molar-refractivity contribution in [1.29, 1.82) is 0 Å². The van der Waals surface area contributed by atoms with E-state index in [1.807, 2.05) is 13.8 Å². The van der Waals surface area contributed by atoms with Gasteiger partial charge >= 0.3 is 0 Å². The van der Waals surface area contributed by atoms with Crippen LogP contribution in [0.4, 0.5) is 13.2 Å². The molecule has 0 saturated carbocycles. The molecule has 3 rings (SSSR count). The van der Waals surface area contributed by atoms with Crippen LogP contribution in [0.3, 0.4) is 0 Å². The fraction of sp³-hybridized carbons (Fsp3) is 0.364. The number of phenols is 1. The molecule has 1 aliphatic heterocycles. The summed E-state index contributed by atoms with van der Waals surface area (Å²) >= 11 is 1.06. The molecule has 182 valence electrons. The Balaban J connectivity index is 0.00000187. The summed E-state index contributed by atoms with van der Waals surface area (Å²) in [4.78, 5) is 0.572. The molecule has 1 fully saturated rings. The topological polar surface area (TPSA) is 128 Å². The zero-order valence-corrected chi connectivity index (χ0v) is 18.8. The summed E-state index contributed by atoms with van der Waals surface area (Å²) in [6, 6.07) is 6.55. The Bertz CT molecular complexity index is 942. The predicted molar refractivity (Wildman–Crippen MR) is 118 cm³/mol. The Morgan fingerprint density at radius 2 is 1.76 bits per heavy atom. The molecule has 7 N–H and O–H groups in total. The molecule has 0 bridgehead atoms. The van der Waals surface area contributed by atoms with Crippen LogP contribution in [0.5, 0.6) is 5.75 Å². The van der Waals surface area contributed by atoms with Gasteiger partial charge in [0.05, 0.1) is 18.3 Å². The van der Waals surface area contributed by atoms with Gasteiger partial charge in [0, 0.05) is 16.7 Å². The molecule has 0 aliphatic carbocycles. The molecule has 1 heterocycles. The van der Waals surface area contributed by atoms with Gasteiger partial charge < -0.3 is 36.2 Å². The summed E-state index contributed by atoms with van der Waals surface area (Å²) in [7, 11) is 0. The third-order valence-electron chi connectivity index (χ3n) is 4.70. The van der Waals surface area contributed by atoms with E-state index in [0.717, 1.165) is 18.0 Å². The molecule has 0 amide bonds. The average molecular weight is 489 g/mol. The van der Waals surface area contributed by atoms with Crippen LogP contribution >= 0.6 is 11.8 Å². The third kappa shape index (κ3) is 6.55. The van der Waals surface area contributed by atoms with Gasteiger partial charge in [-0.25, -0.2) is 13.2 Å². The second-order valence-corrected chi connectivity index (χ2v) is 8.04. The molecule has 5 atom stereocenters. The van der Waals surface area contributed by atoms with Crippen LogP contribution in [0.25, 0.3) is 5.70 Å². The van der Waals surface area contributed by atoms with E-state index in [4.69, 9.17) is 10.5 Å². The van der Waals surface area contributed by atoms with Gasteiger partial charge in [-0.15, -0.1) is 0 Å². The van der Waals surface area contributed by atoms with Gasteiger partial charge in [-0.1, -0.05) is 31.7 Å². The van der Waals surface area contributed by atoms with Gasteiger partial charge in [0.1, 0.15) is 29.5 Å². The Morgan fingerprint density at radius 1 is 1.12 bits per heavy atom. The van der Waals surface area contributed by atoms with Crippen molar-refractivity contribution >= 4 is 17.5 Å². The zero-order chi connectivity index (χ0) is 24.7. The second kappa shape index (κ2) is 12.1. The molecule has 7 nitrogen and oxygen atoms in total. The lowest BCUT2D eigenvalue weighted by atomic mass is 9.97. The van der Waals surface area contributed by atoms with Crippen molar-refractivity contribution in [3.05, 3.63) is 65.6 Å². The number of aromatic hydroxyl groups is 1. The lowest BCUT2D eigenvalue weighted by molar-refractivity contribution is -0.164. The van der Waals surface area contributed by atoms with Crippen LogP contribution in [0.1, 0.15) is 19.4 Å². The maximum Gasteiger partial charge on any atom is 0.194 e. The fourth-order valence-electron chi connectivity index (χ4n) is 3.06. The van der Waals surface area contributed by atoms with E-state index in [2.05, 4.69) is 5.32 Å². The van der Waals surface area contributed by atoms with E-state index in [1.54, 1.807) is 12.1 Å². The van der Waals surface area contributed by atoms with E-state index in [0.29, 0.717) is 17.0 Å². The number of rotatable bonds is 6. The zero-order valence-electron chi connectivity index (χ0n) is 18.0. The molecule has 2 aromatic carbocycles. The Morgan fingerprint density at radius 3 is 2.33 bits per heavy atom. The smallest absolute Gasteiger partial charge is 0.194 e. The quantitative estimate of drug-likeness (QED) is 0.342. The van der Waals surface area contributed by atoms with Crippen LogP contribution in [0.15, 0.2) is 47.5 Å². The van der Waals surface area contributed by atoms with Crippen LogP contribution in [-0.4, -0.2) is 56.8 Å². The first kappa shape index (κ1) is 26.8. The molecule has 2 aromatic rings. The molecule has 1 saturated heterocycles. The minimum atomic E-state index is -1.63. The number of ether oxygens (including phenoxy) is 1. The monoisotopic (exact) mass is 488 g/mol. The van der Waals surface area contributed by atoms with Gasteiger partial charge in [0.15, 0.2) is 17.5 Å². The summed E-state index contributed by atoms with van der Waals surface area (Å²) in [6.45, 7) is 3.46. The number of nitrogens with one attached hydrogen (secondary N) is 1. The Hall–Kier alpha value is -2.44. The number of hydrogen-bond acceptors (Lipinski definition) is 8. The molecule has 11 heteroatoms. The maximum atomic E-state index is 13.4. The average Bonchev–Trinajstić information content (AvgIpc) is 2.80. The highest BCUT2D eigenvalue weighted by molar-refractivity contribution is 7.99. The molecule has 0 spiro atoms. The second-order valence-electron chi connectivity index (χ2n) is 6.87. The van der Waals surface area contributed by atoms with Crippen molar-refractivity contribution in [2.45, 2.75) is 48.5 Å². The number of halogens is 3. The van der Waals surface area contributed by atoms with E-state index in [9.17, 15) is 33.6 Å². The molecule has 33 heavy (non-hydrogen) atoms. The third-order valence-corrected chi connectivity index (χ3v) is 5.85. The number of aliphatic hydroxyl groups is 3. The molecular formula is C22H27F3N2O5S. The number of phenolic OH excluding ortho intramolecular Hbond substituents is 1. The number of hydrogen-bond donors (Lipinski definition) is 6. The maximum absolute atomic E-state index is 13.4. The number of thioether (sulfide) groups is 1. The van der Waals surface area contributed by atoms with Crippen molar-refractivity contribution in [3.8, 4) is 5.75 Å². The molecule has 0 aromatic heterocycles. The van der Waals surface area contributed by atoms with Crippen molar-refractivity contribution in [2.75, 3.05) is 6.61 Å². The van der Waals surface area contributed by atoms with Gasteiger partial charge in [-0.3, -0.25) is 0 Å². The summed E-state index contributed by atoms with van der Waals surface area (Å²) < 4.78 is 45.6. The highest BCUT2D eigenvalue weighted by atomic mass is 32.2. The van der Waals surface area contributed by atoms with E-state index < -0.39 is 53.8 Å². The molecule has 1 aliphatic rings. The first-order chi connectivity index (χ1) is 15.7. The normalized spacial score (nSPS) is 25.2.